The second kappa shape index (κ2) is 5.42. The van der Waals surface area contributed by atoms with Gasteiger partial charge in [0, 0.05) is 16.7 Å². The highest BCUT2D eigenvalue weighted by atomic mass is 32.2. The first-order valence-electron chi connectivity index (χ1n) is 5.84. The molecule has 0 bridgehead atoms. The summed E-state index contributed by atoms with van der Waals surface area (Å²) in [6.45, 7) is 6.15. The summed E-state index contributed by atoms with van der Waals surface area (Å²) < 4.78 is 0. The second-order valence-electron chi connectivity index (χ2n) is 4.48. The molecule has 18 heavy (non-hydrogen) atoms. The van der Waals surface area contributed by atoms with Crippen molar-refractivity contribution in [1.29, 1.82) is 0 Å². The topological polar surface area (TPSA) is 77.8 Å². The van der Waals surface area contributed by atoms with Gasteiger partial charge in [-0.2, -0.15) is 11.8 Å². The standard InChI is InChI=1S/C12H18N4S2/c1-6(13)4-17-5-9-15-11(14)10-7(2)8(3)18-12(10)16-9/h6H,4-5,13H2,1-3H3,(H2,14,15,16). The smallest absolute Gasteiger partial charge is 0.142 e. The van der Waals surface area contributed by atoms with Gasteiger partial charge in [-0.25, -0.2) is 9.97 Å². The highest BCUT2D eigenvalue weighted by Gasteiger charge is 2.12. The first-order valence-corrected chi connectivity index (χ1v) is 7.81. The Balaban J connectivity index is 2.26. The van der Waals surface area contributed by atoms with E-state index in [1.54, 1.807) is 23.1 Å². The Kier molecular flexibility index (Phi) is 4.09. The molecule has 0 amide bonds. The van der Waals surface area contributed by atoms with E-state index in [1.807, 2.05) is 6.92 Å². The van der Waals surface area contributed by atoms with E-state index in [2.05, 4.69) is 23.8 Å². The Labute approximate surface area is 115 Å². The number of rotatable bonds is 4. The fourth-order valence-corrected chi connectivity index (χ4v) is 3.58. The predicted molar refractivity (Wildman–Crippen MR) is 81.1 cm³/mol. The zero-order valence-corrected chi connectivity index (χ0v) is 12.5. The van der Waals surface area contributed by atoms with E-state index in [1.165, 1.54) is 10.4 Å². The van der Waals surface area contributed by atoms with Crippen LogP contribution >= 0.6 is 23.1 Å². The van der Waals surface area contributed by atoms with Crippen LogP contribution in [-0.2, 0) is 5.75 Å². The van der Waals surface area contributed by atoms with Crippen molar-refractivity contribution in [3.05, 3.63) is 16.3 Å². The summed E-state index contributed by atoms with van der Waals surface area (Å²) in [4.78, 5) is 11.2. The van der Waals surface area contributed by atoms with E-state index < -0.39 is 0 Å². The first kappa shape index (κ1) is 13.6. The third-order valence-electron chi connectivity index (χ3n) is 2.71. The molecule has 0 aliphatic heterocycles. The van der Waals surface area contributed by atoms with Crippen LogP contribution in [-0.4, -0.2) is 21.8 Å². The number of nitrogens with two attached hydrogens (primary N) is 2. The lowest BCUT2D eigenvalue weighted by atomic mass is 10.2. The number of hydrogen-bond acceptors (Lipinski definition) is 6. The van der Waals surface area contributed by atoms with Crippen molar-refractivity contribution >= 4 is 39.1 Å². The lowest BCUT2D eigenvalue weighted by molar-refractivity contribution is 0.846. The number of fused-ring (bicyclic) bond motifs is 1. The Morgan fingerprint density at radius 3 is 2.72 bits per heavy atom. The maximum absolute atomic E-state index is 6.02. The summed E-state index contributed by atoms with van der Waals surface area (Å²) >= 11 is 3.42. The molecule has 0 fully saturated rings. The zero-order chi connectivity index (χ0) is 13.3. The Morgan fingerprint density at radius 1 is 1.33 bits per heavy atom. The molecule has 2 rings (SSSR count). The van der Waals surface area contributed by atoms with Crippen LogP contribution in [0.5, 0.6) is 0 Å². The quantitative estimate of drug-likeness (QED) is 0.900. The normalized spacial score (nSPS) is 13.1. The highest BCUT2D eigenvalue weighted by Crippen LogP contribution is 2.32. The molecule has 0 aliphatic carbocycles. The Morgan fingerprint density at radius 2 is 2.06 bits per heavy atom. The minimum Gasteiger partial charge on any atom is -0.383 e. The number of nitrogens with zero attached hydrogens (tertiary/aromatic N) is 2. The molecule has 0 radical (unpaired) electrons. The van der Waals surface area contributed by atoms with Crippen molar-refractivity contribution in [3.8, 4) is 0 Å². The molecule has 6 heteroatoms. The van der Waals surface area contributed by atoms with E-state index in [9.17, 15) is 0 Å². The lowest BCUT2D eigenvalue weighted by Crippen LogP contribution is -2.17. The van der Waals surface area contributed by atoms with Crippen LogP contribution in [0.25, 0.3) is 10.2 Å². The van der Waals surface area contributed by atoms with Crippen LogP contribution in [0.4, 0.5) is 5.82 Å². The van der Waals surface area contributed by atoms with Crippen molar-refractivity contribution < 1.29 is 0 Å². The molecule has 1 unspecified atom stereocenters. The average Bonchev–Trinajstić information content (AvgIpc) is 2.54. The van der Waals surface area contributed by atoms with E-state index in [0.29, 0.717) is 5.82 Å². The number of thiophene rings is 1. The van der Waals surface area contributed by atoms with Crippen LogP contribution in [0.1, 0.15) is 23.2 Å². The predicted octanol–water partition coefficient (Wildman–Crippen LogP) is 2.47. The molecule has 2 aromatic heterocycles. The Bertz CT molecular complexity index is 563. The summed E-state index contributed by atoms with van der Waals surface area (Å²) in [5.41, 5.74) is 12.9. The maximum Gasteiger partial charge on any atom is 0.142 e. The van der Waals surface area contributed by atoms with Crippen LogP contribution < -0.4 is 11.5 Å². The average molecular weight is 282 g/mol. The van der Waals surface area contributed by atoms with Crippen molar-refractivity contribution in [2.45, 2.75) is 32.6 Å². The van der Waals surface area contributed by atoms with Gasteiger partial charge in [-0.1, -0.05) is 0 Å². The maximum atomic E-state index is 6.02. The lowest BCUT2D eigenvalue weighted by Gasteiger charge is -2.05. The van der Waals surface area contributed by atoms with Gasteiger partial charge in [-0.05, 0) is 26.3 Å². The number of nitrogen functional groups attached to an aromatic ring is 1. The highest BCUT2D eigenvalue weighted by molar-refractivity contribution is 7.98. The summed E-state index contributed by atoms with van der Waals surface area (Å²) in [5.74, 6) is 3.06. The molecule has 0 saturated heterocycles. The van der Waals surface area contributed by atoms with Crippen molar-refractivity contribution in [2.75, 3.05) is 11.5 Å². The molecule has 0 aromatic carbocycles. The summed E-state index contributed by atoms with van der Waals surface area (Å²) in [7, 11) is 0. The Hall–Kier alpha value is -0.850. The molecule has 0 spiro atoms. The van der Waals surface area contributed by atoms with Gasteiger partial charge < -0.3 is 11.5 Å². The van der Waals surface area contributed by atoms with E-state index in [-0.39, 0.29) is 6.04 Å². The van der Waals surface area contributed by atoms with Crippen molar-refractivity contribution in [1.82, 2.24) is 9.97 Å². The third kappa shape index (κ3) is 2.76. The van der Waals surface area contributed by atoms with Gasteiger partial charge in [0.1, 0.15) is 16.5 Å². The molecular weight excluding hydrogens is 264 g/mol. The monoisotopic (exact) mass is 282 g/mol. The molecule has 4 nitrogen and oxygen atoms in total. The molecule has 4 N–H and O–H groups in total. The second-order valence-corrected chi connectivity index (χ2v) is 6.71. The summed E-state index contributed by atoms with van der Waals surface area (Å²) in [6, 6.07) is 0.197. The number of anilines is 1. The third-order valence-corrected chi connectivity index (χ3v) is 5.04. The van der Waals surface area contributed by atoms with Gasteiger partial charge in [0.15, 0.2) is 0 Å². The number of thioether (sulfide) groups is 1. The van der Waals surface area contributed by atoms with Crippen LogP contribution in [0.15, 0.2) is 0 Å². The van der Waals surface area contributed by atoms with Crippen LogP contribution in [0.3, 0.4) is 0 Å². The minimum atomic E-state index is 0.197. The van der Waals surface area contributed by atoms with Gasteiger partial charge in [0.25, 0.3) is 0 Å². The zero-order valence-electron chi connectivity index (χ0n) is 10.9. The van der Waals surface area contributed by atoms with Gasteiger partial charge in [0.2, 0.25) is 0 Å². The SMILES string of the molecule is Cc1sc2nc(CSCC(C)N)nc(N)c2c1C. The van der Waals surface area contributed by atoms with Crippen LogP contribution in [0, 0.1) is 13.8 Å². The van der Waals surface area contributed by atoms with Crippen LogP contribution in [0.2, 0.25) is 0 Å². The molecule has 1 atom stereocenters. The molecule has 0 aliphatic rings. The number of hydrogen-bond donors (Lipinski definition) is 2. The molecule has 0 saturated carbocycles. The largest absolute Gasteiger partial charge is 0.383 e. The number of aromatic nitrogens is 2. The molecule has 2 aromatic rings. The number of aryl methyl sites for hydroxylation is 2. The van der Waals surface area contributed by atoms with Crippen molar-refractivity contribution in [2.24, 2.45) is 5.73 Å². The molecular formula is C12H18N4S2. The summed E-state index contributed by atoms with van der Waals surface area (Å²) in [5, 5.41) is 1.01. The fourth-order valence-electron chi connectivity index (χ4n) is 1.73. The van der Waals surface area contributed by atoms with E-state index in [4.69, 9.17) is 11.5 Å². The van der Waals surface area contributed by atoms with Gasteiger partial charge >= 0.3 is 0 Å². The summed E-state index contributed by atoms with van der Waals surface area (Å²) in [6.07, 6.45) is 0. The first-order chi connectivity index (χ1) is 8.49. The van der Waals surface area contributed by atoms with Gasteiger partial charge in [-0.3, -0.25) is 0 Å². The fraction of sp³-hybridized carbons (Fsp3) is 0.500. The van der Waals surface area contributed by atoms with Crippen molar-refractivity contribution in [3.63, 3.8) is 0 Å². The van der Waals surface area contributed by atoms with Gasteiger partial charge in [0.05, 0.1) is 11.1 Å². The molecule has 98 valence electrons. The van der Waals surface area contributed by atoms with Gasteiger partial charge in [-0.15, -0.1) is 11.3 Å². The minimum absolute atomic E-state index is 0.197. The molecule has 2 heterocycles. The van der Waals surface area contributed by atoms with E-state index in [0.717, 1.165) is 27.5 Å². The van der Waals surface area contributed by atoms with E-state index >= 15 is 0 Å².